The Labute approximate surface area is 51.3 Å². The maximum absolute atomic E-state index is 8.18. The zero-order chi connectivity index (χ0) is 4.41. The summed E-state index contributed by atoms with van der Waals surface area (Å²) in [7, 11) is 0. The summed E-state index contributed by atoms with van der Waals surface area (Å²) in [5.74, 6) is 0. The number of aromatic hydroxyl groups is 1. The van der Waals surface area contributed by atoms with Gasteiger partial charge in [0.05, 0.1) is 0 Å². The summed E-state index contributed by atoms with van der Waals surface area (Å²) in [5.41, 5.74) is 0. The minimum atomic E-state index is -0.255. The molecule has 0 spiro atoms. The topological polar surface area (TPSA) is 74.7 Å². The van der Waals surface area contributed by atoms with E-state index in [0.29, 0.717) is 0 Å². The van der Waals surface area contributed by atoms with Crippen LogP contribution in [0.2, 0.25) is 0 Å². The van der Waals surface area contributed by atoms with Crippen LogP contribution in [0.4, 0.5) is 0 Å². The van der Waals surface area contributed by atoms with Crippen LogP contribution in [0.5, 0.6) is 6.01 Å². The van der Waals surface area contributed by atoms with E-state index in [2.05, 4.69) is 20.6 Å². The third-order valence-electron chi connectivity index (χ3n) is 0.334. The van der Waals surface area contributed by atoms with Crippen LogP contribution in [-0.2, 0) is 0 Å². The van der Waals surface area contributed by atoms with Crippen LogP contribution in [0.1, 0.15) is 0 Å². The van der Waals surface area contributed by atoms with Gasteiger partial charge in [0.1, 0.15) is 0 Å². The van der Waals surface area contributed by atoms with Gasteiger partial charge >= 0.3 is 24.9 Å². The summed E-state index contributed by atoms with van der Waals surface area (Å²) in [6.07, 6.45) is 0. The second-order valence-electron chi connectivity index (χ2n) is 0.725. The van der Waals surface area contributed by atoms with Gasteiger partial charge in [0.25, 0.3) is 0 Å². The van der Waals surface area contributed by atoms with Crippen molar-refractivity contribution in [3.05, 3.63) is 0 Å². The van der Waals surface area contributed by atoms with Crippen molar-refractivity contribution in [1.29, 1.82) is 0 Å². The van der Waals surface area contributed by atoms with Crippen molar-refractivity contribution in [3.63, 3.8) is 0 Å². The van der Waals surface area contributed by atoms with Gasteiger partial charge in [-0.3, -0.25) is 0 Å². The average molecular weight is 94.0 g/mol. The van der Waals surface area contributed by atoms with E-state index in [9.17, 15) is 0 Å². The summed E-state index contributed by atoms with van der Waals surface area (Å²) in [4.78, 5) is 0. The number of hydrogen-bond donors (Lipinski definition) is 2. The number of tetrazole rings is 1. The molecule has 2 N–H and O–H groups in total. The molecule has 0 amide bonds. The quantitative estimate of drug-likeness (QED) is 0.374. The molecule has 5 nitrogen and oxygen atoms in total. The van der Waals surface area contributed by atoms with E-state index in [1.165, 1.54) is 0 Å². The zero-order valence-electron chi connectivity index (χ0n) is 2.79. The molecule has 34 valence electrons. The van der Waals surface area contributed by atoms with Crippen LogP contribution in [0.3, 0.4) is 0 Å². The number of hydrogen-bond acceptors (Lipinski definition) is 4. The van der Waals surface area contributed by atoms with Gasteiger partial charge in [-0.05, 0) is 10.4 Å². The molecule has 1 heterocycles. The van der Waals surface area contributed by atoms with Crippen molar-refractivity contribution in [1.82, 2.24) is 20.6 Å². The van der Waals surface area contributed by atoms with Crippen molar-refractivity contribution in [3.8, 4) is 6.01 Å². The maximum atomic E-state index is 8.18. The normalized spacial score (nSPS) is 7.43. The molecular weight excluding hydrogens is 91.0 g/mol. The summed E-state index contributed by atoms with van der Waals surface area (Å²) < 4.78 is 0. The SMILES string of the molecule is Oc1nnn[nH]1.[LiH]. The van der Waals surface area contributed by atoms with Gasteiger partial charge in [0.2, 0.25) is 0 Å². The van der Waals surface area contributed by atoms with Crippen LogP contribution >= 0.6 is 0 Å². The Morgan fingerprint density at radius 2 is 2.29 bits per heavy atom. The molecule has 1 rings (SSSR count). The Hall–Kier alpha value is -0.533. The van der Waals surface area contributed by atoms with Crippen LogP contribution in [0.15, 0.2) is 0 Å². The summed E-state index contributed by atoms with van der Waals surface area (Å²) in [5, 5.41) is 19.4. The van der Waals surface area contributed by atoms with E-state index in [1.807, 2.05) is 0 Å². The first-order chi connectivity index (χ1) is 2.89. The second kappa shape index (κ2) is 2.61. The standard InChI is InChI=1S/CH2N4O.Li.H/c6-1-2-4-5-3-1;;/h(H2,2,3,4,5,6);;. The number of aromatic amines is 1. The molecule has 0 aromatic carbocycles. The van der Waals surface area contributed by atoms with Gasteiger partial charge < -0.3 is 5.11 Å². The first kappa shape index (κ1) is 6.47. The Morgan fingerprint density at radius 3 is 2.43 bits per heavy atom. The number of H-pyrrole nitrogens is 1. The first-order valence-corrected chi connectivity index (χ1v) is 1.32. The average Bonchev–Trinajstić information content (AvgIpc) is 1.86. The van der Waals surface area contributed by atoms with E-state index in [1.54, 1.807) is 0 Å². The molecule has 0 aliphatic heterocycles. The Balaban J connectivity index is 0.000000360. The molecule has 0 aliphatic carbocycles. The predicted octanol–water partition coefficient (Wildman–Crippen LogP) is -1.74. The second-order valence-corrected chi connectivity index (χ2v) is 0.725. The molecule has 0 atom stereocenters. The molecule has 0 saturated heterocycles. The monoisotopic (exact) mass is 94.0 g/mol. The van der Waals surface area contributed by atoms with Crippen molar-refractivity contribution in [2.45, 2.75) is 0 Å². The predicted molar refractivity (Wildman–Crippen MR) is 23.0 cm³/mol. The first-order valence-electron chi connectivity index (χ1n) is 1.32. The Morgan fingerprint density at radius 1 is 1.57 bits per heavy atom. The fourth-order valence-corrected chi connectivity index (χ4v) is 0.154. The molecule has 0 unspecified atom stereocenters. The molecular formula is CH3LiN4O. The van der Waals surface area contributed by atoms with E-state index in [-0.39, 0.29) is 24.9 Å². The Kier molecular flexibility index (Phi) is 2.41. The van der Waals surface area contributed by atoms with Gasteiger partial charge in [-0.2, -0.15) is 0 Å². The summed E-state index contributed by atoms with van der Waals surface area (Å²) in [6, 6.07) is -0.255. The number of nitrogens with zero attached hydrogens (tertiary/aromatic N) is 3. The fourth-order valence-electron chi connectivity index (χ4n) is 0.154. The van der Waals surface area contributed by atoms with Crippen LogP contribution in [0, 0.1) is 0 Å². The third-order valence-corrected chi connectivity index (χ3v) is 0.334. The molecule has 0 radical (unpaired) electrons. The van der Waals surface area contributed by atoms with Gasteiger partial charge in [-0.25, -0.2) is 5.10 Å². The van der Waals surface area contributed by atoms with Gasteiger partial charge in [-0.15, -0.1) is 0 Å². The number of rotatable bonds is 0. The van der Waals surface area contributed by atoms with E-state index < -0.39 is 0 Å². The molecule has 0 fully saturated rings. The third kappa shape index (κ3) is 1.57. The van der Waals surface area contributed by atoms with Crippen LogP contribution in [0.25, 0.3) is 0 Å². The van der Waals surface area contributed by atoms with Crippen molar-refractivity contribution in [2.75, 3.05) is 0 Å². The molecule has 0 bridgehead atoms. The van der Waals surface area contributed by atoms with E-state index in [0.717, 1.165) is 0 Å². The van der Waals surface area contributed by atoms with E-state index >= 15 is 0 Å². The van der Waals surface area contributed by atoms with Crippen molar-refractivity contribution < 1.29 is 5.11 Å². The molecule has 0 aliphatic rings. The number of nitrogens with one attached hydrogen (secondary N) is 1. The molecule has 6 heteroatoms. The number of aromatic nitrogens is 4. The van der Waals surface area contributed by atoms with Gasteiger partial charge in [0.15, 0.2) is 0 Å². The van der Waals surface area contributed by atoms with Crippen molar-refractivity contribution >= 4 is 18.9 Å². The zero-order valence-corrected chi connectivity index (χ0v) is 2.79. The van der Waals surface area contributed by atoms with Gasteiger partial charge in [0, 0.05) is 0 Å². The van der Waals surface area contributed by atoms with Crippen LogP contribution in [-0.4, -0.2) is 44.6 Å². The fraction of sp³-hybridized carbons (Fsp3) is 0. The van der Waals surface area contributed by atoms with E-state index in [4.69, 9.17) is 5.11 Å². The summed E-state index contributed by atoms with van der Waals surface area (Å²) in [6.45, 7) is 0. The summed E-state index contributed by atoms with van der Waals surface area (Å²) >= 11 is 0. The molecule has 7 heavy (non-hydrogen) atoms. The minimum absolute atomic E-state index is 0. The molecule has 1 aromatic heterocycles. The van der Waals surface area contributed by atoms with Crippen LogP contribution < -0.4 is 0 Å². The van der Waals surface area contributed by atoms with Crippen molar-refractivity contribution in [2.24, 2.45) is 0 Å². The van der Waals surface area contributed by atoms with Gasteiger partial charge in [-0.1, -0.05) is 5.10 Å². The molecule has 1 aromatic rings. The Bertz CT molecular complexity index is 115. The molecule has 0 saturated carbocycles.